The molecule has 1 atom stereocenters. The van der Waals surface area contributed by atoms with E-state index in [0.29, 0.717) is 0 Å². The van der Waals surface area contributed by atoms with Crippen molar-refractivity contribution >= 4 is 17.3 Å². The number of thiophene rings is 1. The number of hydrogen-bond acceptors (Lipinski definition) is 3. The zero-order chi connectivity index (χ0) is 11.5. The van der Waals surface area contributed by atoms with Gasteiger partial charge in [0.2, 0.25) is 0 Å². The Kier molecular flexibility index (Phi) is 3.61. The molecule has 1 saturated heterocycles. The predicted octanol–water partition coefficient (Wildman–Crippen LogP) is 2.50. The minimum Gasteiger partial charge on any atom is -0.480 e. The van der Waals surface area contributed by atoms with E-state index < -0.39 is 5.97 Å². The molecular weight excluding hydrogens is 222 g/mol. The van der Waals surface area contributed by atoms with Gasteiger partial charge in [-0.25, -0.2) is 0 Å². The molecule has 88 valence electrons. The van der Waals surface area contributed by atoms with E-state index in [4.69, 9.17) is 5.11 Å². The third-order valence-corrected chi connectivity index (χ3v) is 3.98. The second kappa shape index (κ2) is 4.97. The highest BCUT2D eigenvalue weighted by Gasteiger charge is 2.28. The third kappa shape index (κ3) is 2.62. The second-order valence-corrected chi connectivity index (χ2v) is 5.50. The van der Waals surface area contributed by atoms with Crippen molar-refractivity contribution in [2.75, 3.05) is 6.54 Å². The van der Waals surface area contributed by atoms with Crippen LogP contribution in [0.5, 0.6) is 0 Å². The Balaban J connectivity index is 2.03. The summed E-state index contributed by atoms with van der Waals surface area (Å²) in [5.41, 5.74) is 1.25. The van der Waals surface area contributed by atoms with E-state index in [1.807, 2.05) is 0 Å². The first-order chi connectivity index (χ1) is 7.66. The summed E-state index contributed by atoms with van der Waals surface area (Å²) in [5, 5.41) is 11.3. The molecule has 0 aliphatic carbocycles. The van der Waals surface area contributed by atoms with Crippen molar-refractivity contribution in [3.05, 3.63) is 21.9 Å². The summed E-state index contributed by atoms with van der Waals surface area (Å²) in [5.74, 6) is -0.674. The minimum absolute atomic E-state index is 0.283. The highest BCUT2D eigenvalue weighted by molar-refractivity contribution is 7.10. The number of carbonyl (C=O) groups is 1. The zero-order valence-corrected chi connectivity index (χ0v) is 10.3. The van der Waals surface area contributed by atoms with Gasteiger partial charge in [0.05, 0.1) is 0 Å². The molecule has 16 heavy (non-hydrogen) atoms. The van der Waals surface area contributed by atoms with E-state index in [0.717, 1.165) is 32.4 Å². The predicted molar refractivity (Wildman–Crippen MR) is 64.7 cm³/mol. The lowest BCUT2D eigenvalue weighted by Crippen LogP contribution is -2.43. The van der Waals surface area contributed by atoms with E-state index >= 15 is 0 Å². The van der Waals surface area contributed by atoms with E-state index in [-0.39, 0.29) is 6.04 Å². The summed E-state index contributed by atoms with van der Waals surface area (Å²) in [6, 6.07) is 1.87. The second-order valence-electron chi connectivity index (χ2n) is 4.39. The molecule has 1 fully saturated rings. The molecule has 3 nitrogen and oxygen atoms in total. The Morgan fingerprint density at radius 2 is 2.44 bits per heavy atom. The van der Waals surface area contributed by atoms with Gasteiger partial charge in [0, 0.05) is 11.4 Å². The molecule has 1 aliphatic heterocycles. The number of aliphatic carboxylic acids is 1. The topological polar surface area (TPSA) is 40.5 Å². The quantitative estimate of drug-likeness (QED) is 0.881. The molecule has 1 aliphatic rings. The van der Waals surface area contributed by atoms with Crippen LogP contribution in [0.15, 0.2) is 11.4 Å². The van der Waals surface area contributed by atoms with E-state index in [1.54, 1.807) is 11.3 Å². The van der Waals surface area contributed by atoms with Crippen molar-refractivity contribution in [2.24, 2.45) is 0 Å². The normalized spacial score (nSPS) is 22.2. The lowest BCUT2D eigenvalue weighted by molar-refractivity contribution is -0.144. The van der Waals surface area contributed by atoms with E-state index in [1.165, 1.54) is 10.4 Å². The van der Waals surface area contributed by atoms with Gasteiger partial charge in [0.15, 0.2) is 0 Å². The summed E-state index contributed by atoms with van der Waals surface area (Å²) in [4.78, 5) is 14.5. The maximum absolute atomic E-state index is 11.1. The molecule has 2 rings (SSSR count). The Hall–Kier alpha value is -0.870. The average molecular weight is 239 g/mol. The molecule has 1 aromatic rings. The van der Waals surface area contributed by atoms with Crippen LogP contribution >= 0.6 is 11.3 Å². The van der Waals surface area contributed by atoms with Crippen LogP contribution in [0.3, 0.4) is 0 Å². The lowest BCUT2D eigenvalue weighted by atomic mass is 10.0. The number of aryl methyl sites for hydroxylation is 1. The monoisotopic (exact) mass is 239 g/mol. The van der Waals surface area contributed by atoms with Gasteiger partial charge in [-0.1, -0.05) is 6.42 Å². The van der Waals surface area contributed by atoms with E-state index in [9.17, 15) is 4.79 Å². The van der Waals surface area contributed by atoms with Gasteiger partial charge < -0.3 is 5.11 Å². The number of piperidine rings is 1. The Labute approximate surface area is 99.7 Å². The van der Waals surface area contributed by atoms with Crippen LogP contribution in [0.1, 0.15) is 29.7 Å². The standard InChI is InChI=1S/C12H17NO2S/c1-9-6-10(8-16-9)7-13-5-3-2-4-11(13)12(14)15/h6,8,11H,2-5,7H2,1H3,(H,14,15). The Bertz CT molecular complexity index is 375. The van der Waals surface area contributed by atoms with Gasteiger partial charge in [-0.15, -0.1) is 11.3 Å². The fourth-order valence-corrected chi connectivity index (χ4v) is 2.97. The Morgan fingerprint density at radius 1 is 1.62 bits per heavy atom. The highest BCUT2D eigenvalue weighted by atomic mass is 32.1. The molecule has 0 spiro atoms. The van der Waals surface area contributed by atoms with Gasteiger partial charge in [0.25, 0.3) is 0 Å². The van der Waals surface area contributed by atoms with Crippen LogP contribution < -0.4 is 0 Å². The Morgan fingerprint density at radius 3 is 3.06 bits per heavy atom. The van der Waals surface area contributed by atoms with Crippen molar-refractivity contribution in [2.45, 2.75) is 38.8 Å². The molecule has 4 heteroatoms. The molecule has 1 N–H and O–H groups in total. The summed E-state index contributed by atoms with van der Waals surface area (Å²) in [6.07, 6.45) is 2.95. The van der Waals surface area contributed by atoms with Crippen LogP contribution in [0.2, 0.25) is 0 Å². The minimum atomic E-state index is -0.674. The molecule has 0 bridgehead atoms. The molecule has 0 aromatic carbocycles. The number of rotatable bonds is 3. The smallest absolute Gasteiger partial charge is 0.320 e. The van der Waals surface area contributed by atoms with Crippen LogP contribution in [0.25, 0.3) is 0 Å². The molecule has 1 aromatic heterocycles. The largest absolute Gasteiger partial charge is 0.480 e. The van der Waals surface area contributed by atoms with E-state index in [2.05, 4.69) is 23.3 Å². The number of carboxylic acid groups (broad SMARTS) is 1. The maximum atomic E-state index is 11.1. The molecular formula is C12H17NO2S. The number of likely N-dealkylation sites (tertiary alicyclic amines) is 1. The first-order valence-corrected chi connectivity index (χ1v) is 6.55. The number of nitrogens with zero attached hydrogens (tertiary/aromatic N) is 1. The zero-order valence-electron chi connectivity index (χ0n) is 9.48. The highest BCUT2D eigenvalue weighted by Crippen LogP contribution is 2.22. The fourth-order valence-electron chi connectivity index (χ4n) is 2.28. The van der Waals surface area contributed by atoms with Gasteiger partial charge in [-0.3, -0.25) is 9.69 Å². The van der Waals surface area contributed by atoms with Crippen molar-refractivity contribution in [3.63, 3.8) is 0 Å². The van der Waals surface area contributed by atoms with Gasteiger partial charge in [0.1, 0.15) is 6.04 Å². The summed E-state index contributed by atoms with van der Waals surface area (Å²) < 4.78 is 0. The van der Waals surface area contributed by atoms with Crippen LogP contribution in [-0.4, -0.2) is 28.6 Å². The fraction of sp³-hybridized carbons (Fsp3) is 0.583. The van der Waals surface area contributed by atoms with Gasteiger partial charge in [-0.2, -0.15) is 0 Å². The van der Waals surface area contributed by atoms with Gasteiger partial charge in [-0.05, 0) is 43.3 Å². The summed E-state index contributed by atoms with van der Waals surface area (Å²) >= 11 is 1.73. The number of hydrogen-bond donors (Lipinski definition) is 1. The third-order valence-electron chi connectivity index (χ3n) is 3.07. The molecule has 2 heterocycles. The van der Waals surface area contributed by atoms with Crippen molar-refractivity contribution < 1.29 is 9.90 Å². The SMILES string of the molecule is Cc1cc(CN2CCCCC2C(=O)O)cs1. The van der Waals surface area contributed by atoms with Crippen LogP contribution in [-0.2, 0) is 11.3 Å². The van der Waals surface area contributed by atoms with Crippen LogP contribution in [0, 0.1) is 6.92 Å². The van der Waals surface area contributed by atoms with Crippen molar-refractivity contribution in [1.29, 1.82) is 0 Å². The molecule has 0 radical (unpaired) electrons. The molecule has 0 saturated carbocycles. The first kappa shape index (κ1) is 11.6. The van der Waals surface area contributed by atoms with Crippen LogP contribution in [0.4, 0.5) is 0 Å². The summed E-state index contributed by atoms with van der Waals surface area (Å²) in [6.45, 7) is 3.77. The van der Waals surface area contributed by atoms with Gasteiger partial charge >= 0.3 is 5.97 Å². The maximum Gasteiger partial charge on any atom is 0.320 e. The molecule has 0 amide bonds. The number of carboxylic acids is 1. The molecule has 1 unspecified atom stereocenters. The van der Waals surface area contributed by atoms with Crippen molar-refractivity contribution in [3.8, 4) is 0 Å². The lowest BCUT2D eigenvalue weighted by Gasteiger charge is -2.32. The average Bonchev–Trinajstić information content (AvgIpc) is 2.64. The summed E-state index contributed by atoms with van der Waals surface area (Å²) in [7, 11) is 0. The first-order valence-electron chi connectivity index (χ1n) is 5.67. The van der Waals surface area contributed by atoms with Crippen molar-refractivity contribution in [1.82, 2.24) is 4.90 Å².